The Morgan fingerprint density at radius 3 is 2.43 bits per heavy atom. The number of ether oxygens (including phenoxy) is 3. The zero-order valence-corrected chi connectivity index (χ0v) is 21.4. The van der Waals surface area contributed by atoms with Gasteiger partial charge in [-0.3, -0.25) is 4.99 Å². The van der Waals surface area contributed by atoms with Gasteiger partial charge in [-0.1, -0.05) is 26.0 Å². The summed E-state index contributed by atoms with van der Waals surface area (Å²) in [5.41, 5.74) is 1.36. The summed E-state index contributed by atoms with van der Waals surface area (Å²) >= 11 is 0. The molecule has 1 fully saturated rings. The SMILES string of the molecule is CCOc1ccc(C2(CNC(=NC)NCCOCCC(C)C)CCOCC2)cc1.I. The second kappa shape index (κ2) is 14.9. The molecule has 0 atom stereocenters. The number of halogens is 1. The minimum Gasteiger partial charge on any atom is -0.494 e. The van der Waals surface area contributed by atoms with E-state index in [1.165, 1.54) is 5.56 Å². The van der Waals surface area contributed by atoms with Crippen molar-refractivity contribution >= 4 is 29.9 Å². The van der Waals surface area contributed by atoms with Crippen molar-refractivity contribution < 1.29 is 14.2 Å². The fraction of sp³-hybridized carbons (Fsp3) is 0.696. The molecule has 1 saturated heterocycles. The molecule has 1 aromatic carbocycles. The highest BCUT2D eigenvalue weighted by molar-refractivity contribution is 14.0. The number of hydrogen-bond donors (Lipinski definition) is 2. The molecule has 2 N–H and O–H groups in total. The van der Waals surface area contributed by atoms with Crippen LogP contribution in [0.3, 0.4) is 0 Å². The molecule has 1 aromatic rings. The van der Waals surface area contributed by atoms with Crippen LogP contribution >= 0.6 is 24.0 Å². The average Bonchev–Trinajstić information content (AvgIpc) is 2.74. The summed E-state index contributed by atoms with van der Waals surface area (Å²) in [7, 11) is 1.81. The third-order valence-corrected chi connectivity index (χ3v) is 5.42. The summed E-state index contributed by atoms with van der Waals surface area (Å²) in [6, 6.07) is 8.52. The van der Waals surface area contributed by atoms with Crippen LogP contribution in [0, 0.1) is 5.92 Å². The van der Waals surface area contributed by atoms with E-state index >= 15 is 0 Å². The molecular weight excluding hydrogens is 493 g/mol. The predicted molar refractivity (Wildman–Crippen MR) is 134 cm³/mol. The van der Waals surface area contributed by atoms with E-state index in [9.17, 15) is 0 Å². The molecule has 6 nitrogen and oxygen atoms in total. The summed E-state index contributed by atoms with van der Waals surface area (Å²) in [5, 5.41) is 6.88. The molecule has 0 amide bonds. The van der Waals surface area contributed by atoms with E-state index in [4.69, 9.17) is 14.2 Å². The molecule has 2 rings (SSSR count). The molecule has 0 aromatic heterocycles. The highest BCUT2D eigenvalue weighted by atomic mass is 127. The van der Waals surface area contributed by atoms with Crippen LogP contribution in [0.4, 0.5) is 0 Å². The quantitative estimate of drug-likeness (QED) is 0.195. The lowest BCUT2D eigenvalue weighted by Gasteiger charge is -2.38. The van der Waals surface area contributed by atoms with Crippen LogP contribution in [-0.2, 0) is 14.9 Å². The first-order chi connectivity index (χ1) is 14.1. The van der Waals surface area contributed by atoms with Crippen LogP contribution in [0.5, 0.6) is 5.75 Å². The Kier molecular flexibility index (Phi) is 13.4. The van der Waals surface area contributed by atoms with Gasteiger partial charge in [0.1, 0.15) is 5.75 Å². The molecular formula is C23H40IN3O3. The normalized spacial score (nSPS) is 16.1. The maximum atomic E-state index is 5.68. The smallest absolute Gasteiger partial charge is 0.191 e. The van der Waals surface area contributed by atoms with E-state index in [0.717, 1.165) is 63.9 Å². The molecule has 172 valence electrons. The third-order valence-electron chi connectivity index (χ3n) is 5.42. The highest BCUT2D eigenvalue weighted by Crippen LogP contribution is 2.35. The second-order valence-electron chi connectivity index (χ2n) is 8.00. The molecule has 7 heteroatoms. The Balaban J connectivity index is 0.00000450. The largest absolute Gasteiger partial charge is 0.494 e. The van der Waals surface area contributed by atoms with Crippen molar-refractivity contribution in [2.75, 3.05) is 53.2 Å². The zero-order chi connectivity index (χ0) is 21.0. The van der Waals surface area contributed by atoms with E-state index in [0.29, 0.717) is 19.1 Å². The van der Waals surface area contributed by atoms with E-state index in [1.54, 1.807) is 0 Å². The number of rotatable bonds is 11. The Bertz CT molecular complexity index is 602. The van der Waals surface area contributed by atoms with Gasteiger partial charge in [0.2, 0.25) is 0 Å². The van der Waals surface area contributed by atoms with Crippen molar-refractivity contribution in [1.82, 2.24) is 10.6 Å². The minimum absolute atomic E-state index is 0. The number of hydrogen-bond acceptors (Lipinski definition) is 4. The average molecular weight is 533 g/mol. The maximum Gasteiger partial charge on any atom is 0.191 e. The lowest BCUT2D eigenvalue weighted by atomic mass is 9.74. The highest BCUT2D eigenvalue weighted by Gasteiger charge is 2.34. The Labute approximate surface area is 199 Å². The van der Waals surface area contributed by atoms with Gasteiger partial charge in [-0.15, -0.1) is 24.0 Å². The van der Waals surface area contributed by atoms with E-state index < -0.39 is 0 Å². The van der Waals surface area contributed by atoms with Gasteiger partial charge in [-0.05, 0) is 49.8 Å². The van der Waals surface area contributed by atoms with E-state index in [2.05, 4.69) is 53.7 Å². The lowest BCUT2D eigenvalue weighted by molar-refractivity contribution is 0.0513. The van der Waals surface area contributed by atoms with Crippen LogP contribution in [-0.4, -0.2) is 59.1 Å². The molecule has 0 unspecified atom stereocenters. The van der Waals surface area contributed by atoms with Crippen LogP contribution in [0.15, 0.2) is 29.3 Å². The molecule has 30 heavy (non-hydrogen) atoms. The van der Waals surface area contributed by atoms with Crippen LogP contribution < -0.4 is 15.4 Å². The summed E-state index contributed by atoms with van der Waals surface area (Å²) in [5.74, 6) is 2.41. The van der Waals surface area contributed by atoms with Crippen molar-refractivity contribution in [3.8, 4) is 5.75 Å². The molecule has 1 aliphatic rings. The number of guanidine groups is 1. The maximum absolute atomic E-state index is 5.68. The van der Waals surface area contributed by atoms with Gasteiger partial charge >= 0.3 is 0 Å². The van der Waals surface area contributed by atoms with Gasteiger partial charge in [0.25, 0.3) is 0 Å². The number of benzene rings is 1. The molecule has 0 aliphatic carbocycles. The topological polar surface area (TPSA) is 64.1 Å². The molecule has 1 heterocycles. The molecule has 0 saturated carbocycles. The van der Waals surface area contributed by atoms with Gasteiger partial charge in [-0.25, -0.2) is 0 Å². The van der Waals surface area contributed by atoms with Crippen LogP contribution in [0.1, 0.15) is 45.6 Å². The van der Waals surface area contributed by atoms with Gasteiger partial charge in [0.15, 0.2) is 5.96 Å². The predicted octanol–water partition coefficient (Wildman–Crippen LogP) is 3.98. The molecule has 0 spiro atoms. The first kappa shape index (κ1) is 27.0. The van der Waals surface area contributed by atoms with Gasteiger partial charge in [-0.2, -0.15) is 0 Å². The first-order valence-corrected chi connectivity index (χ1v) is 10.9. The second-order valence-corrected chi connectivity index (χ2v) is 8.00. The summed E-state index contributed by atoms with van der Waals surface area (Å²) < 4.78 is 16.9. The van der Waals surface area contributed by atoms with Crippen molar-refractivity contribution in [2.24, 2.45) is 10.9 Å². The van der Waals surface area contributed by atoms with Crippen LogP contribution in [0.2, 0.25) is 0 Å². The van der Waals surface area contributed by atoms with Gasteiger partial charge in [0, 0.05) is 45.4 Å². The van der Waals surface area contributed by atoms with Crippen molar-refractivity contribution in [1.29, 1.82) is 0 Å². The standard InChI is InChI=1S/C23H39N3O3.HI/c1-5-29-21-8-6-20(7-9-21)23(11-15-28-16-12-23)18-26-22(24-4)25-13-17-27-14-10-19(2)3;/h6-9,19H,5,10-18H2,1-4H3,(H2,24,25,26);1H. The Morgan fingerprint density at radius 1 is 1.13 bits per heavy atom. The minimum atomic E-state index is 0. The summed E-state index contributed by atoms with van der Waals surface area (Å²) in [6.45, 7) is 11.7. The van der Waals surface area contributed by atoms with E-state index in [1.807, 2.05) is 14.0 Å². The monoisotopic (exact) mass is 533 g/mol. The van der Waals surface area contributed by atoms with Crippen LogP contribution in [0.25, 0.3) is 0 Å². The Morgan fingerprint density at radius 2 is 1.83 bits per heavy atom. The van der Waals surface area contributed by atoms with Gasteiger partial charge < -0.3 is 24.8 Å². The van der Waals surface area contributed by atoms with Crippen molar-refractivity contribution in [3.05, 3.63) is 29.8 Å². The van der Waals surface area contributed by atoms with E-state index in [-0.39, 0.29) is 29.4 Å². The fourth-order valence-electron chi connectivity index (χ4n) is 3.54. The molecule has 0 bridgehead atoms. The Hall–Kier alpha value is -1.06. The fourth-order valence-corrected chi connectivity index (χ4v) is 3.54. The van der Waals surface area contributed by atoms with Crippen molar-refractivity contribution in [3.63, 3.8) is 0 Å². The van der Waals surface area contributed by atoms with Crippen molar-refractivity contribution in [2.45, 2.75) is 45.4 Å². The third kappa shape index (κ3) is 8.98. The molecule has 1 aliphatic heterocycles. The zero-order valence-electron chi connectivity index (χ0n) is 19.0. The number of aliphatic imine (C=N–C) groups is 1. The molecule has 0 radical (unpaired) electrons. The summed E-state index contributed by atoms with van der Waals surface area (Å²) in [6.07, 6.45) is 3.08. The van der Waals surface area contributed by atoms with Gasteiger partial charge in [0.05, 0.1) is 13.2 Å². The summed E-state index contributed by atoms with van der Waals surface area (Å²) in [4.78, 5) is 4.37. The lowest BCUT2D eigenvalue weighted by Crippen LogP contribution is -2.48. The number of nitrogens with one attached hydrogen (secondary N) is 2. The first-order valence-electron chi connectivity index (χ1n) is 10.9. The number of nitrogens with zero attached hydrogens (tertiary/aromatic N) is 1.